The van der Waals surface area contributed by atoms with E-state index in [1.165, 1.54) is 0 Å². The number of rotatable bonds is 0. The topological polar surface area (TPSA) is 49.3 Å². The second-order valence-electron chi connectivity index (χ2n) is 2.16. The molecule has 1 aliphatic rings. The normalized spacial score (nSPS) is 13.4. The lowest BCUT2D eigenvalue weighted by atomic mass is 10.2. The molecule has 3 heteroatoms. The van der Waals surface area contributed by atoms with E-state index in [0.717, 1.165) is 0 Å². The first kappa shape index (κ1) is 5.29. The molecule has 2 rings (SSSR count). The summed E-state index contributed by atoms with van der Waals surface area (Å²) in [6, 6.07) is 4.97. The lowest BCUT2D eigenvalue weighted by molar-refractivity contribution is 0.103. The number of anilines is 1. The second kappa shape index (κ2) is 1.50. The van der Waals surface area contributed by atoms with Crippen LogP contribution in [0.4, 0.5) is 5.69 Å². The van der Waals surface area contributed by atoms with Crippen LogP contribution in [0.3, 0.4) is 0 Å². The van der Waals surface area contributed by atoms with E-state index in [1.54, 1.807) is 18.2 Å². The molecule has 1 aromatic rings. The van der Waals surface area contributed by atoms with Gasteiger partial charge in [-0.1, -0.05) is 6.07 Å². The minimum absolute atomic E-state index is 0.0625. The van der Waals surface area contributed by atoms with Crippen LogP contribution < -0.4 is 5.32 Å². The maximum Gasteiger partial charge on any atom is 0.259 e. The number of amides is 1. The first-order valence-corrected chi connectivity index (χ1v) is 2.92. The van der Waals surface area contributed by atoms with E-state index in [0.29, 0.717) is 11.3 Å². The Bertz CT molecular complexity index is 306. The first-order valence-electron chi connectivity index (χ1n) is 2.92. The van der Waals surface area contributed by atoms with E-state index in [2.05, 4.69) is 5.32 Å². The van der Waals surface area contributed by atoms with Crippen molar-refractivity contribution < 1.29 is 9.90 Å². The van der Waals surface area contributed by atoms with Crippen molar-refractivity contribution >= 4 is 11.6 Å². The Morgan fingerprint density at radius 1 is 1.40 bits per heavy atom. The fraction of sp³-hybridized carbons (Fsp3) is 0. The van der Waals surface area contributed by atoms with Gasteiger partial charge in [-0.2, -0.15) is 0 Å². The second-order valence-corrected chi connectivity index (χ2v) is 2.16. The summed E-state index contributed by atoms with van der Waals surface area (Å²) in [5, 5.41) is 11.7. The number of aromatic hydroxyl groups is 1. The van der Waals surface area contributed by atoms with Crippen LogP contribution in [0.2, 0.25) is 0 Å². The van der Waals surface area contributed by atoms with Gasteiger partial charge >= 0.3 is 0 Å². The van der Waals surface area contributed by atoms with Crippen molar-refractivity contribution in [3.05, 3.63) is 23.8 Å². The molecule has 0 aliphatic carbocycles. The Morgan fingerprint density at radius 3 is 2.80 bits per heavy atom. The highest BCUT2D eigenvalue weighted by Gasteiger charge is 2.21. The number of carbonyl (C=O) groups is 1. The molecule has 0 saturated carbocycles. The van der Waals surface area contributed by atoms with Crippen molar-refractivity contribution in [2.24, 2.45) is 0 Å². The summed E-state index contributed by atoms with van der Waals surface area (Å²) in [7, 11) is 0. The molecule has 1 amide bonds. The van der Waals surface area contributed by atoms with Gasteiger partial charge in [0.2, 0.25) is 0 Å². The first-order chi connectivity index (χ1) is 4.79. The Kier molecular flexibility index (Phi) is 0.795. The third kappa shape index (κ3) is 0.466. The van der Waals surface area contributed by atoms with Crippen LogP contribution in [0.1, 0.15) is 10.4 Å². The highest BCUT2D eigenvalue weighted by Crippen LogP contribution is 2.33. The molecule has 0 radical (unpaired) electrons. The molecule has 2 N–H and O–H groups in total. The van der Waals surface area contributed by atoms with Gasteiger partial charge in [0.25, 0.3) is 5.91 Å². The summed E-state index contributed by atoms with van der Waals surface area (Å²) >= 11 is 0. The van der Waals surface area contributed by atoms with Crippen molar-refractivity contribution in [1.29, 1.82) is 0 Å². The molecular weight excluding hydrogens is 130 g/mol. The van der Waals surface area contributed by atoms with Crippen LogP contribution in [0.5, 0.6) is 5.75 Å². The van der Waals surface area contributed by atoms with E-state index >= 15 is 0 Å². The van der Waals surface area contributed by atoms with Crippen molar-refractivity contribution in [2.75, 3.05) is 5.32 Å². The number of hydrogen-bond donors (Lipinski definition) is 2. The molecule has 1 aromatic carbocycles. The zero-order valence-corrected chi connectivity index (χ0v) is 5.09. The fourth-order valence-electron chi connectivity index (χ4n) is 1.02. The van der Waals surface area contributed by atoms with Crippen LogP contribution in [-0.4, -0.2) is 11.0 Å². The van der Waals surface area contributed by atoms with Gasteiger partial charge in [-0.05, 0) is 12.1 Å². The summed E-state index contributed by atoms with van der Waals surface area (Å²) in [4.78, 5) is 10.8. The Labute approximate surface area is 57.3 Å². The highest BCUT2D eigenvalue weighted by molar-refractivity contribution is 6.13. The van der Waals surface area contributed by atoms with E-state index in [4.69, 9.17) is 5.11 Å². The minimum Gasteiger partial charge on any atom is -0.505 e. The van der Waals surface area contributed by atoms with Crippen LogP contribution in [0.25, 0.3) is 0 Å². The standard InChI is InChI=1S/C7H5NO2/c9-6-4-2-1-3-5(6)8-7(4)10/h1-3,9H,(H,8,10). The average Bonchev–Trinajstić information content (AvgIpc) is 2.16. The molecule has 2 bridgehead atoms. The zero-order chi connectivity index (χ0) is 7.14. The number of hydrogen-bond acceptors (Lipinski definition) is 2. The summed E-state index contributed by atoms with van der Waals surface area (Å²) < 4.78 is 0. The van der Waals surface area contributed by atoms with Gasteiger partial charge in [-0.15, -0.1) is 0 Å². The van der Waals surface area contributed by atoms with Crippen LogP contribution >= 0.6 is 0 Å². The van der Waals surface area contributed by atoms with Gasteiger partial charge < -0.3 is 10.4 Å². The third-order valence-electron chi connectivity index (χ3n) is 1.53. The van der Waals surface area contributed by atoms with Crippen molar-refractivity contribution in [2.45, 2.75) is 0 Å². The molecule has 0 fully saturated rings. The summed E-state index contributed by atoms with van der Waals surface area (Å²) in [6.45, 7) is 0. The molecule has 10 heavy (non-hydrogen) atoms. The number of para-hydroxylation sites is 1. The van der Waals surface area contributed by atoms with Crippen molar-refractivity contribution in [3.8, 4) is 5.75 Å². The molecule has 0 spiro atoms. The third-order valence-corrected chi connectivity index (χ3v) is 1.53. The zero-order valence-electron chi connectivity index (χ0n) is 5.09. The number of benzene rings is 1. The predicted octanol–water partition coefficient (Wildman–Crippen LogP) is 0.958. The number of phenols is 1. The number of phenolic OH excluding ortho intramolecular Hbond substituents is 1. The monoisotopic (exact) mass is 135 g/mol. The van der Waals surface area contributed by atoms with Crippen LogP contribution in [-0.2, 0) is 0 Å². The molecule has 0 saturated heterocycles. The lowest BCUT2D eigenvalue weighted by Gasteiger charge is -1.90. The fourth-order valence-corrected chi connectivity index (χ4v) is 1.02. The molecule has 1 aliphatic heterocycles. The van der Waals surface area contributed by atoms with Gasteiger partial charge in [-0.25, -0.2) is 0 Å². The number of fused-ring (bicyclic) bond motifs is 2. The van der Waals surface area contributed by atoms with Crippen LogP contribution in [0, 0.1) is 0 Å². The molecule has 0 atom stereocenters. The molecule has 50 valence electrons. The van der Waals surface area contributed by atoms with E-state index < -0.39 is 0 Å². The smallest absolute Gasteiger partial charge is 0.259 e. The Hall–Kier alpha value is -1.51. The maximum absolute atomic E-state index is 10.8. The summed E-state index contributed by atoms with van der Waals surface area (Å²) in [5.74, 6) is -0.162. The SMILES string of the molecule is O=C1Nc2cccc1c2O. The highest BCUT2D eigenvalue weighted by atomic mass is 16.3. The minimum atomic E-state index is -0.225. The van der Waals surface area contributed by atoms with Gasteiger partial charge in [0, 0.05) is 0 Å². The van der Waals surface area contributed by atoms with Crippen molar-refractivity contribution in [3.63, 3.8) is 0 Å². The van der Waals surface area contributed by atoms with Gasteiger partial charge in [0.15, 0.2) is 5.75 Å². The average molecular weight is 135 g/mol. The van der Waals surface area contributed by atoms with Gasteiger partial charge in [-0.3, -0.25) is 4.79 Å². The van der Waals surface area contributed by atoms with E-state index in [1.807, 2.05) is 0 Å². The Balaban J connectivity index is 2.76. The molecule has 3 nitrogen and oxygen atoms in total. The van der Waals surface area contributed by atoms with Gasteiger partial charge in [0.1, 0.15) is 0 Å². The Morgan fingerprint density at radius 2 is 2.20 bits per heavy atom. The summed E-state index contributed by atoms with van der Waals surface area (Å²) in [5.41, 5.74) is 0.861. The number of carbonyl (C=O) groups excluding carboxylic acids is 1. The van der Waals surface area contributed by atoms with Gasteiger partial charge in [0.05, 0.1) is 11.3 Å². The molecule has 0 unspecified atom stereocenters. The number of nitrogens with one attached hydrogen (secondary N) is 1. The predicted molar refractivity (Wildman–Crippen MR) is 36.1 cm³/mol. The van der Waals surface area contributed by atoms with Crippen molar-refractivity contribution in [1.82, 2.24) is 0 Å². The molecular formula is C7H5NO2. The molecule has 0 aromatic heterocycles. The molecule has 1 heterocycles. The quantitative estimate of drug-likeness (QED) is 0.520. The lowest BCUT2D eigenvalue weighted by Crippen LogP contribution is -2.02. The summed E-state index contributed by atoms with van der Waals surface area (Å²) in [6.07, 6.45) is 0. The maximum atomic E-state index is 10.8. The largest absolute Gasteiger partial charge is 0.505 e. The van der Waals surface area contributed by atoms with Crippen LogP contribution in [0.15, 0.2) is 18.2 Å². The van der Waals surface area contributed by atoms with E-state index in [9.17, 15) is 4.79 Å². The van der Waals surface area contributed by atoms with E-state index in [-0.39, 0.29) is 11.7 Å².